The van der Waals surface area contributed by atoms with Crippen LogP contribution in [0.4, 0.5) is 24.5 Å². The van der Waals surface area contributed by atoms with E-state index >= 15 is 0 Å². The number of alkyl halides is 3. The smallest absolute Gasteiger partial charge is 0.418 e. The number of halogens is 3. The molecule has 2 aromatic carbocycles. The molecule has 35 heavy (non-hydrogen) atoms. The zero-order valence-electron chi connectivity index (χ0n) is 19.3. The number of hydrogen-bond donors (Lipinski definition) is 2. The molecule has 0 amide bonds. The normalized spacial score (nSPS) is 17.4. The Balaban J connectivity index is 1.75. The second-order valence-corrected chi connectivity index (χ2v) is 8.92. The average molecular weight is 486 g/mol. The van der Waals surface area contributed by atoms with Gasteiger partial charge in [0.2, 0.25) is 0 Å². The van der Waals surface area contributed by atoms with Crippen LogP contribution in [0.2, 0.25) is 0 Å². The van der Waals surface area contributed by atoms with Gasteiger partial charge in [-0.15, -0.1) is 0 Å². The van der Waals surface area contributed by atoms with Gasteiger partial charge >= 0.3 is 6.18 Å². The molecule has 0 spiro atoms. The fourth-order valence-corrected chi connectivity index (χ4v) is 4.80. The van der Waals surface area contributed by atoms with E-state index in [0.717, 1.165) is 16.3 Å². The van der Waals surface area contributed by atoms with E-state index in [-0.39, 0.29) is 11.4 Å². The van der Waals surface area contributed by atoms with Crippen LogP contribution in [-0.4, -0.2) is 47.7 Å². The van der Waals surface area contributed by atoms with Gasteiger partial charge in [-0.2, -0.15) is 23.0 Å². The highest BCUT2D eigenvalue weighted by molar-refractivity contribution is 5.73. The van der Waals surface area contributed by atoms with E-state index in [1.165, 1.54) is 19.2 Å². The van der Waals surface area contributed by atoms with Crippen molar-refractivity contribution in [2.24, 2.45) is 0 Å². The summed E-state index contributed by atoms with van der Waals surface area (Å²) in [6.07, 6.45) is -4.19. The van der Waals surface area contributed by atoms with Gasteiger partial charge in [0.25, 0.3) is 5.56 Å². The summed E-state index contributed by atoms with van der Waals surface area (Å²) in [5.74, 6) is 0.588. The number of ether oxygens (including phenoxy) is 1. The van der Waals surface area contributed by atoms with Crippen molar-refractivity contribution in [2.75, 3.05) is 37.0 Å². The molecule has 7 nitrogen and oxygen atoms in total. The topological polar surface area (TPSA) is 79.6 Å². The first-order chi connectivity index (χ1) is 16.7. The van der Waals surface area contributed by atoms with Crippen LogP contribution in [0.1, 0.15) is 23.1 Å². The minimum atomic E-state index is -4.70. The lowest BCUT2D eigenvalue weighted by Gasteiger charge is -2.22. The number of aromatic nitrogens is 2. The third kappa shape index (κ3) is 4.22. The summed E-state index contributed by atoms with van der Waals surface area (Å²) in [6, 6.07) is 9.14. The van der Waals surface area contributed by atoms with Gasteiger partial charge < -0.3 is 20.1 Å². The zero-order chi connectivity index (χ0) is 24.9. The number of benzene rings is 2. The predicted octanol–water partition coefficient (Wildman–Crippen LogP) is 3.77. The number of β-amino-alcohol motifs (C(OH)–C–C–N with tert-alkyl or cyclic N) is 1. The highest BCUT2D eigenvalue weighted by Gasteiger charge is 2.36. The van der Waals surface area contributed by atoms with Crippen molar-refractivity contribution >= 4 is 11.4 Å². The summed E-state index contributed by atoms with van der Waals surface area (Å²) in [7, 11) is 1.54. The fourth-order valence-electron chi connectivity index (χ4n) is 4.80. The Labute approximate surface area is 199 Å². The van der Waals surface area contributed by atoms with Crippen molar-refractivity contribution in [3.8, 4) is 22.7 Å². The number of aliphatic hydroxyl groups is 1. The quantitative estimate of drug-likeness (QED) is 0.585. The molecule has 10 heteroatoms. The van der Waals surface area contributed by atoms with Crippen molar-refractivity contribution in [3.05, 3.63) is 63.4 Å². The van der Waals surface area contributed by atoms with E-state index in [9.17, 15) is 23.1 Å². The van der Waals surface area contributed by atoms with Gasteiger partial charge in [-0.05, 0) is 61.7 Å². The van der Waals surface area contributed by atoms with E-state index in [1.54, 1.807) is 11.0 Å². The molecular weight excluding hydrogens is 461 g/mol. The SMILES string of the molecule is COc1cc(C)cc(-c2nn(-c3cc(N4CC[C@@H](O)C4)ccc3C(F)(F)F)c(=O)c3c2CCN3)c1. The van der Waals surface area contributed by atoms with Gasteiger partial charge in [-0.3, -0.25) is 4.79 Å². The molecule has 0 saturated carbocycles. The van der Waals surface area contributed by atoms with Crippen molar-refractivity contribution < 1.29 is 23.0 Å². The molecule has 0 unspecified atom stereocenters. The molecule has 3 aromatic rings. The average Bonchev–Trinajstić information content (AvgIpc) is 3.48. The summed E-state index contributed by atoms with van der Waals surface area (Å²) >= 11 is 0. The van der Waals surface area contributed by atoms with Crippen molar-refractivity contribution in [2.45, 2.75) is 32.0 Å². The number of anilines is 2. The minimum absolute atomic E-state index is 0.255. The second-order valence-electron chi connectivity index (χ2n) is 8.92. The largest absolute Gasteiger partial charge is 0.497 e. The molecule has 3 heterocycles. The molecule has 1 atom stereocenters. The molecule has 0 bridgehead atoms. The van der Waals surface area contributed by atoms with E-state index in [0.29, 0.717) is 60.7 Å². The minimum Gasteiger partial charge on any atom is -0.497 e. The Bertz CT molecular complexity index is 1350. The Morgan fingerprint density at radius 2 is 2.00 bits per heavy atom. The van der Waals surface area contributed by atoms with Gasteiger partial charge in [-0.1, -0.05) is 0 Å². The predicted molar refractivity (Wildman–Crippen MR) is 127 cm³/mol. The first-order valence-electron chi connectivity index (χ1n) is 11.4. The summed E-state index contributed by atoms with van der Waals surface area (Å²) in [4.78, 5) is 15.2. The third-order valence-corrected chi connectivity index (χ3v) is 6.47. The monoisotopic (exact) mass is 486 g/mol. The molecule has 0 radical (unpaired) electrons. The number of nitrogens with zero attached hydrogens (tertiary/aromatic N) is 3. The van der Waals surface area contributed by atoms with Crippen LogP contribution < -0.4 is 20.5 Å². The maximum atomic E-state index is 14.1. The zero-order valence-corrected chi connectivity index (χ0v) is 19.3. The molecule has 1 fully saturated rings. The molecule has 1 aromatic heterocycles. The summed E-state index contributed by atoms with van der Waals surface area (Å²) in [5, 5.41) is 17.4. The maximum absolute atomic E-state index is 14.1. The fraction of sp³-hybridized carbons (Fsp3) is 0.360. The molecule has 5 rings (SSSR count). The number of fused-ring (bicyclic) bond motifs is 1. The van der Waals surface area contributed by atoms with E-state index in [1.807, 2.05) is 19.1 Å². The Morgan fingerprint density at radius 3 is 2.69 bits per heavy atom. The Hall–Kier alpha value is -3.53. The number of aliphatic hydroxyl groups excluding tert-OH is 1. The van der Waals surface area contributed by atoms with Crippen molar-refractivity contribution in [1.29, 1.82) is 0 Å². The van der Waals surface area contributed by atoms with Crippen molar-refractivity contribution in [3.63, 3.8) is 0 Å². The van der Waals surface area contributed by atoms with Gasteiger partial charge in [-0.25, -0.2) is 0 Å². The van der Waals surface area contributed by atoms with Crippen molar-refractivity contribution in [1.82, 2.24) is 9.78 Å². The van der Waals surface area contributed by atoms with E-state index < -0.39 is 23.4 Å². The van der Waals surface area contributed by atoms with Crippen LogP contribution in [0.5, 0.6) is 5.75 Å². The first kappa shape index (κ1) is 23.2. The summed E-state index contributed by atoms with van der Waals surface area (Å²) < 4.78 is 48.4. The van der Waals surface area contributed by atoms with E-state index in [2.05, 4.69) is 10.4 Å². The Kier molecular flexibility index (Phi) is 5.71. The number of rotatable bonds is 4. The lowest BCUT2D eigenvalue weighted by molar-refractivity contribution is -0.137. The Morgan fingerprint density at radius 1 is 1.20 bits per heavy atom. The van der Waals surface area contributed by atoms with Gasteiger partial charge in [0.1, 0.15) is 11.4 Å². The highest BCUT2D eigenvalue weighted by atomic mass is 19.4. The molecule has 2 N–H and O–H groups in total. The van der Waals surface area contributed by atoms with Crippen LogP contribution in [0.3, 0.4) is 0 Å². The molecular formula is C25H25F3N4O3. The summed E-state index contributed by atoms with van der Waals surface area (Å²) in [6.45, 7) is 3.20. The lowest BCUT2D eigenvalue weighted by Crippen LogP contribution is -2.28. The number of aryl methyl sites for hydroxylation is 1. The first-order valence-corrected chi connectivity index (χ1v) is 11.4. The molecule has 2 aliphatic rings. The number of methoxy groups -OCH3 is 1. The van der Waals surface area contributed by atoms with Gasteiger partial charge in [0.05, 0.1) is 30.2 Å². The summed E-state index contributed by atoms with van der Waals surface area (Å²) in [5.41, 5.74) is 1.46. The third-order valence-electron chi connectivity index (χ3n) is 6.47. The second kappa shape index (κ2) is 8.60. The van der Waals surface area contributed by atoms with Gasteiger partial charge in [0, 0.05) is 36.4 Å². The van der Waals surface area contributed by atoms with Crippen LogP contribution >= 0.6 is 0 Å². The number of nitrogens with one attached hydrogen (secondary N) is 1. The van der Waals surface area contributed by atoms with Crippen LogP contribution in [0.15, 0.2) is 41.2 Å². The van der Waals surface area contributed by atoms with Gasteiger partial charge in [0.15, 0.2) is 0 Å². The molecule has 184 valence electrons. The van der Waals surface area contributed by atoms with Crippen LogP contribution in [-0.2, 0) is 12.6 Å². The van der Waals surface area contributed by atoms with Crippen LogP contribution in [0, 0.1) is 6.92 Å². The molecule has 2 aliphatic heterocycles. The standard InChI is InChI=1S/C25H25F3N4O3/c1-14-9-15(11-18(10-14)35-2)22-19-5-7-29-23(19)24(34)32(30-22)21-12-16(31-8-6-17(33)13-31)3-4-20(21)25(26,27)28/h3-4,9-12,17,29,33H,5-8,13H2,1-2H3/t17-/m1/s1. The van der Waals surface area contributed by atoms with Crippen LogP contribution in [0.25, 0.3) is 16.9 Å². The molecule has 1 saturated heterocycles. The highest BCUT2D eigenvalue weighted by Crippen LogP contribution is 2.38. The number of hydrogen-bond acceptors (Lipinski definition) is 6. The molecule has 0 aliphatic carbocycles. The lowest BCUT2D eigenvalue weighted by atomic mass is 10.0. The maximum Gasteiger partial charge on any atom is 0.418 e. The van der Waals surface area contributed by atoms with E-state index in [4.69, 9.17) is 4.74 Å².